The Kier molecular flexibility index (Phi) is 5.98. The maximum absolute atomic E-state index is 13.5. The van der Waals surface area contributed by atoms with Crippen LogP contribution in [0.15, 0.2) is 30.6 Å². The molecule has 0 saturated carbocycles. The summed E-state index contributed by atoms with van der Waals surface area (Å²) in [4.78, 5) is 25.6. The molecule has 3 aliphatic rings. The number of hydrogen-bond donors (Lipinski definition) is 2. The fraction of sp³-hybridized carbons (Fsp3) is 0.500. The third kappa shape index (κ3) is 4.21. The van der Waals surface area contributed by atoms with E-state index in [4.69, 9.17) is 4.74 Å². The largest absolute Gasteiger partial charge is 0.378 e. The Labute approximate surface area is 206 Å². The van der Waals surface area contributed by atoms with Gasteiger partial charge >= 0.3 is 6.03 Å². The highest BCUT2D eigenvalue weighted by atomic mass is 16.5. The van der Waals surface area contributed by atoms with Gasteiger partial charge in [-0.2, -0.15) is 0 Å². The first-order valence-electron chi connectivity index (χ1n) is 13.0. The molecule has 2 fully saturated rings. The number of amides is 2. The third-order valence-electron chi connectivity index (χ3n) is 8.06. The molecule has 2 atom stereocenters. The topological polar surface area (TPSA) is 73.5 Å². The van der Waals surface area contributed by atoms with Gasteiger partial charge < -0.3 is 24.8 Å². The van der Waals surface area contributed by atoms with Crippen molar-refractivity contribution in [2.45, 2.75) is 58.2 Å². The number of H-pyrrole nitrogens is 1. The van der Waals surface area contributed by atoms with E-state index in [2.05, 4.69) is 57.1 Å². The molecule has 2 N–H and O–H groups in total. The number of fused-ring (bicyclic) bond motifs is 2. The molecule has 7 nitrogen and oxygen atoms in total. The first-order chi connectivity index (χ1) is 17.1. The lowest BCUT2D eigenvalue weighted by Gasteiger charge is -2.40. The lowest BCUT2D eigenvalue weighted by atomic mass is 9.87. The Morgan fingerprint density at radius 1 is 1.17 bits per heavy atom. The van der Waals surface area contributed by atoms with Gasteiger partial charge in [-0.1, -0.05) is 6.07 Å². The summed E-state index contributed by atoms with van der Waals surface area (Å²) in [5.41, 5.74) is 8.32. The zero-order valence-corrected chi connectivity index (χ0v) is 20.8. The predicted octanol–water partition coefficient (Wildman–Crippen LogP) is 4.55. The van der Waals surface area contributed by atoms with E-state index in [0.29, 0.717) is 19.2 Å². The SMILES string of the molecule is Cc1c[nH]c2ncc(-c3cc4c(c(C5COCCN5)c3)CN(C(=O)N3CCCCC3C)CC4)cc12. The second kappa shape index (κ2) is 9.28. The summed E-state index contributed by atoms with van der Waals surface area (Å²) < 4.78 is 5.85. The number of aryl methyl sites for hydroxylation is 1. The van der Waals surface area contributed by atoms with Crippen LogP contribution in [-0.2, 0) is 17.7 Å². The van der Waals surface area contributed by atoms with E-state index in [-0.39, 0.29) is 12.1 Å². The van der Waals surface area contributed by atoms with Crippen molar-refractivity contribution < 1.29 is 9.53 Å². The van der Waals surface area contributed by atoms with Gasteiger partial charge in [0.25, 0.3) is 0 Å². The Morgan fingerprint density at radius 3 is 2.91 bits per heavy atom. The maximum atomic E-state index is 13.5. The zero-order valence-electron chi connectivity index (χ0n) is 20.8. The van der Waals surface area contributed by atoms with Crippen molar-refractivity contribution in [2.24, 2.45) is 0 Å². The molecule has 0 radical (unpaired) electrons. The van der Waals surface area contributed by atoms with Crippen molar-refractivity contribution in [1.29, 1.82) is 0 Å². The number of benzene rings is 1. The molecule has 184 valence electrons. The first-order valence-corrected chi connectivity index (χ1v) is 13.0. The van der Waals surface area contributed by atoms with Crippen molar-refractivity contribution in [3.8, 4) is 11.1 Å². The van der Waals surface area contributed by atoms with E-state index >= 15 is 0 Å². The minimum Gasteiger partial charge on any atom is -0.378 e. The number of likely N-dealkylation sites (tertiary alicyclic amines) is 1. The normalized spacial score (nSPS) is 22.9. The number of aromatic nitrogens is 2. The molecule has 2 aromatic heterocycles. The number of hydrogen-bond acceptors (Lipinski definition) is 4. The van der Waals surface area contributed by atoms with E-state index in [9.17, 15) is 4.79 Å². The minimum atomic E-state index is 0.132. The quantitative estimate of drug-likeness (QED) is 0.573. The molecule has 2 amide bonds. The predicted molar refractivity (Wildman–Crippen MR) is 137 cm³/mol. The van der Waals surface area contributed by atoms with Crippen LogP contribution in [0, 0.1) is 6.92 Å². The monoisotopic (exact) mass is 473 g/mol. The van der Waals surface area contributed by atoms with Crippen LogP contribution in [0.5, 0.6) is 0 Å². The number of carbonyl (C=O) groups is 1. The van der Waals surface area contributed by atoms with Gasteiger partial charge in [0.15, 0.2) is 0 Å². The van der Waals surface area contributed by atoms with Gasteiger partial charge in [-0.05, 0) is 79.5 Å². The lowest BCUT2D eigenvalue weighted by molar-refractivity contribution is 0.0760. The van der Waals surface area contributed by atoms with E-state index in [1.807, 2.05) is 12.4 Å². The summed E-state index contributed by atoms with van der Waals surface area (Å²) in [6, 6.07) is 7.51. The molecule has 0 spiro atoms. The molecule has 7 heteroatoms. The zero-order chi connectivity index (χ0) is 23.9. The van der Waals surface area contributed by atoms with Crippen molar-refractivity contribution in [2.75, 3.05) is 32.8 Å². The Hall–Kier alpha value is -2.90. The van der Waals surface area contributed by atoms with Gasteiger partial charge in [-0.3, -0.25) is 0 Å². The molecule has 3 aliphatic heterocycles. The molecule has 35 heavy (non-hydrogen) atoms. The number of morpholine rings is 1. The van der Waals surface area contributed by atoms with Gasteiger partial charge in [-0.25, -0.2) is 9.78 Å². The fourth-order valence-corrected chi connectivity index (χ4v) is 5.96. The third-order valence-corrected chi connectivity index (χ3v) is 8.06. The molecule has 0 bridgehead atoms. The van der Waals surface area contributed by atoms with Crippen LogP contribution < -0.4 is 5.32 Å². The molecule has 5 heterocycles. The molecular formula is C28H35N5O2. The van der Waals surface area contributed by atoms with Crippen LogP contribution in [0.2, 0.25) is 0 Å². The highest BCUT2D eigenvalue weighted by Crippen LogP contribution is 2.35. The molecule has 6 rings (SSSR count). The number of nitrogens with zero attached hydrogens (tertiary/aromatic N) is 3. The highest BCUT2D eigenvalue weighted by molar-refractivity contribution is 5.84. The second-order valence-corrected chi connectivity index (χ2v) is 10.4. The van der Waals surface area contributed by atoms with Crippen molar-refractivity contribution in [3.05, 3.63) is 52.8 Å². The first kappa shape index (κ1) is 22.6. The van der Waals surface area contributed by atoms with Crippen molar-refractivity contribution in [3.63, 3.8) is 0 Å². The molecule has 1 aromatic carbocycles. The Balaban J connectivity index is 1.37. The average molecular weight is 474 g/mol. The molecular weight excluding hydrogens is 438 g/mol. The molecule has 2 unspecified atom stereocenters. The summed E-state index contributed by atoms with van der Waals surface area (Å²) >= 11 is 0. The minimum absolute atomic E-state index is 0.132. The molecule has 2 saturated heterocycles. The van der Waals surface area contributed by atoms with E-state index < -0.39 is 0 Å². The number of pyridine rings is 1. The van der Waals surface area contributed by atoms with Crippen LogP contribution in [0.1, 0.15) is 54.5 Å². The number of ether oxygens (including phenoxy) is 1. The summed E-state index contributed by atoms with van der Waals surface area (Å²) in [7, 11) is 0. The van der Waals surface area contributed by atoms with Crippen LogP contribution in [0.25, 0.3) is 22.2 Å². The van der Waals surface area contributed by atoms with Crippen molar-refractivity contribution >= 4 is 17.1 Å². The summed E-state index contributed by atoms with van der Waals surface area (Å²) in [5, 5.41) is 4.81. The van der Waals surface area contributed by atoms with E-state index in [0.717, 1.165) is 62.1 Å². The number of carbonyl (C=O) groups excluding carboxylic acids is 1. The van der Waals surface area contributed by atoms with E-state index in [1.54, 1.807) is 0 Å². The maximum Gasteiger partial charge on any atom is 0.320 e. The standard InChI is InChI=1S/C28H35N5O2/c1-18-14-30-27-23(18)13-22(15-31-27)21-11-20-6-9-32(28(34)33-8-4-3-5-19(33)2)16-25(20)24(12-21)26-17-35-10-7-29-26/h11-15,19,26,29H,3-10,16-17H2,1-2H3,(H,30,31). The average Bonchev–Trinajstić information content (AvgIpc) is 3.28. The number of piperidine rings is 1. The lowest BCUT2D eigenvalue weighted by Crippen LogP contribution is -2.50. The summed E-state index contributed by atoms with van der Waals surface area (Å²) in [6.07, 6.45) is 8.28. The van der Waals surface area contributed by atoms with Gasteiger partial charge in [0.2, 0.25) is 0 Å². The molecule has 3 aromatic rings. The van der Waals surface area contributed by atoms with Gasteiger partial charge in [-0.15, -0.1) is 0 Å². The van der Waals surface area contributed by atoms with Gasteiger partial charge in [0.1, 0.15) is 5.65 Å². The summed E-state index contributed by atoms with van der Waals surface area (Å²) in [6.45, 7) is 8.84. The van der Waals surface area contributed by atoms with Gasteiger partial charge in [0, 0.05) is 55.6 Å². The van der Waals surface area contributed by atoms with Crippen LogP contribution in [0.4, 0.5) is 4.79 Å². The Bertz CT molecular complexity index is 1250. The molecule has 0 aliphatic carbocycles. The summed E-state index contributed by atoms with van der Waals surface area (Å²) in [5.74, 6) is 0. The van der Waals surface area contributed by atoms with Crippen LogP contribution >= 0.6 is 0 Å². The van der Waals surface area contributed by atoms with Crippen molar-refractivity contribution in [1.82, 2.24) is 25.1 Å². The number of urea groups is 1. The number of rotatable bonds is 2. The smallest absolute Gasteiger partial charge is 0.320 e. The highest BCUT2D eigenvalue weighted by Gasteiger charge is 2.32. The number of nitrogens with one attached hydrogen (secondary N) is 2. The Morgan fingerprint density at radius 2 is 2.09 bits per heavy atom. The second-order valence-electron chi connectivity index (χ2n) is 10.4. The van der Waals surface area contributed by atoms with E-state index in [1.165, 1.54) is 34.2 Å². The van der Waals surface area contributed by atoms with Crippen LogP contribution in [-0.4, -0.2) is 64.7 Å². The van der Waals surface area contributed by atoms with Gasteiger partial charge in [0.05, 0.1) is 19.3 Å². The fourth-order valence-electron chi connectivity index (χ4n) is 5.96. The number of aromatic amines is 1. The van der Waals surface area contributed by atoms with Crippen LogP contribution in [0.3, 0.4) is 0 Å².